The first kappa shape index (κ1) is 14.6. The van der Waals surface area contributed by atoms with Crippen LogP contribution in [0.3, 0.4) is 0 Å². The second kappa shape index (κ2) is 5.91. The number of hydrogen-bond acceptors (Lipinski definition) is 2. The lowest BCUT2D eigenvalue weighted by atomic mass is 9.92. The van der Waals surface area contributed by atoms with Crippen LogP contribution in [0.4, 0.5) is 8.78 Å². The van der Waals surface area contributed by atoms with E-state index in [-0.39, 0.29) is 6.42 Å². The number of carbonyl (C=O) groups is 1. The Kier molecular flexibility index (Phi) is 4.78. The Morgan fingerprint density at radius 3 is 2.67 bits per heavy atom. The second-order valence-electron chi connectivity index (χ2n) is 4.40. The first-order valence-electron chi connectivity index (χ1n) is 5.73. The first-order chi connectivity index (χ1) is 8.35. The summed E-state index contributed by atoms with van der Waals surface area (Å²) in [5.74, 6) is -5.01. The Morgan fingerprint density at radius 2 is 2.17 bits per heavy atom. The van der Waals surface area contributed by atoms with Crippen LogP contribution in [0.15, 0.2) is 24.3 Å². The summed E-state index contributed by atoms with van der Waals surface area (Å²) in [5, 5.41) is 9.11. The number of halogens is 2. The lowest BCUT2D eigenvalue weighted by Gasteiger charge is -2.18. The topological polar surface area (TPSA) is 63.3 Å². The van der Waals surface area contributed by atoms with E-state index in [4.69, 9.17) is 10.8 Å². The molecule has 0 aliphatic rings. The lowest BCUT2D eigenvalue weighted by Crippen LogP contribution is -2.29. The van der Waals surface area contributed by atoms with E-state index in [1.165, 1.54) is 0 Å². The van der Waals surface area contributed by atoms with Gasteiger partial charge < -0.3 is 10.8 Å². The Bertz CT molecular complexity index is 421. The third-order valence-electron chi connectivity index (χ3n) is 2.84. The highest BCUT2D eigenvalue weighted by Gasteiger charge is 2.30. The van der Waals surface area contributed by atoms with Gasteiger partial charge in [0.1, 0.15) is 0 Å². The van der Waals surface area contributed by atoms with Gasteiger partial charge in [0.25, 0.3) is 5.92 Å². The molecule has 0 radical (unpaired) electrons. The minimum absolute atomic E-state index is 0.122. The van der Waals surface area contributed by atoms with Crippen molar-refractivity contribution < 1.29 is 18.7 Å². The average molecular weight is 257 g/mol. The number of carboxylic acids is 1. The molecule has 5 heteroatoms. The van der Waals surface area contributed by atoms with Crippen LogP contribution in [0.2, 0.25) is 0 Å². The van der Waals surface area contributed by atoms with Crippen LogP contribution in [0, 0.1) is 6.92 Å². The minimum atomic E-state index is -3.00. The molecule has 18 heavy (non-hydrogen) atoms. The summed E-state index contributed by atoms with van der Waals surface area (Å²) < 4.78 is 26.1. The Balaban J connectivity index is 2.81. The van der Waals surface area contributed by atoms with Gasteiger partial charge >= 0.3 is 5.97 Å². The van der Waals surface area contributed by atoms with E-state index in [0.29, 0.717) is 5.56 Å². The number of alkyl halides is 2. The zero-order valence-electron chi connectivity index (χ0n) is 10.2. The molecule has 0 aliphatic heterocycles. The van der Waals surface area contributed by atoms with Crippen LogP contribution in [0.1, 0.15) is 29.9 Å². The van der Waals surface area contributed by atoms with Gasteiger partial charge in [-0.25, -0.2) is 8.78 Å². The highest BCUT2D eigenvalue weighted by atomic mass is 19.3. The fourth-order valence-corrected chi connectivity index (χ4v) is 1.78. The summed E-state index contributed by atoms with van der Waals surface area (Å²) in [6, 6.07) is 6.91. The van der Waals surface area contributed by atoms with Crippen molar-refractivity contribution >= 4 is 5.97 Å². The van der Waals surface area contributed by atoms with Crippen molar-refractivity contribution in [3.8, 4) is 0 Å². The standard InChI is InChI=1S/C13H17F2NO2/c1-9-3-2-4-10(7-9)11(12(17)18)5-6-13(14,15)8-16/h2-4,7,11H,5-6,8,16H2,1H3,(H,17,18). The zero-order valence-corrected chi connectivity index (χ0v) is 10.2. The largest absolute Gasteiger partial charge is 0.481 e. The molecule has 100 valence electrons. The highest BCUT2D eigenvalue weighted by Crippen LogP contribution is 2.28. The van der Waals surface area contributed by atoms with Crippen LogP contribution < -0.4 is 5.73 Å². The molecule has 0 spiro atoms. The molecule has 0 aromatic heterocycles. The van der Waals surface area contributed by atoms with Crippen LogP contribution in [-0.2, 0) is 4.79 Å². The minimum Gasteiger partial charge on any atom is -0.481 e. The molecule has 0 fully saturated rings. The highest BCUT2D eigenvalue weighted by molar-refractivity contribution is 5.76. The van der Waals surface area contributed by atoms with Crippen molar-refractivity contribution in [1.29, 1.82) is 0 Å². The van der Waals surface area contributed by atoms with Gasteiger partial charge in [0.05, 0.1) is 12.5 Å². The molecule has 0 bridgehead atoms. The van der Waals surface area contributed by atoms with Crippen LogP contribution in [-0.4, -0.2) is 23.5 Å². The Labute approximate surface area is 105 Å². The number of carboxylic acid groups (broad SMARTS) is 1. The zero-order chi connectivity index (χ0) is 13.8. The average Bonchev–Trinajstić information content (AvgIpc) is 2.29. The van der Waals surface area contributed by atoms with Gasteiger partial charge in [0, 0.05) is 6.42 Å². The fourth-order valence-electron chi connectivity index (χ4n) is 1.78. The van der Waals surface area contributed by atoms with E-state index in [1.807, 2.05) is 13.0 Å². The molecular formula is C13H17F2NO2. The van der Waals surface area contributed by atoms with Crippen LogP contribution in [0.25, 0.3) is 0 Å². The van der Waals surface area contributed by atoms with Gasteiger partial charge in [-0.1, -0.05) is 29.8 Å². The van der Waals surface area contributed by atoms with E-state index in [0.717, 1.165) is 5.56 Å². The maximum atomic E-state index is 13.1. The van der Waals surface area contributed by atoms with Crippen molar-refractivity contribution in [3.05, 3.63) is 35.4 Å². The molecule has 1 rings (SSSR count). The van der Waals surface area contributed by atoms with Gasteiger partial charge in [0.15, 0.2) is 0 Å². The molecule has 0 saturated heterocycles. The lowest BCUT2D eigenvalue weighted by molar-refractivity contribution is -0.139. The SMILES string of the molecule is Cc1cccc(C(CCC(F)(F)CN)C(=O)O)c1. The predicted molar refractivity (Wildman–Crippen MR) is 64.8 cm³/mol. The van der Waals surface area contributed by atoms with E-state index in [2.05, 4.69) is 0 Å². The molecule has 1 aromatic carbocycles. The Hall–Kier alpha value is -1.49. The normalized spacial score (nSPS) is 13.3. The summed E-state index contributed by atoms with van der Waals surface area (Å²) in [4.78, 5) is 11.1. The fraction of sp³-hybridized carbons (Fsp3) is 0.462. The van der Waals surface area contributed by atoms with Crippen molar-refractivity contribution in [2.75, 3.05) is 6.54 Å². The third-order valence-corrected chi connectivity index (χ3v) is 2.84. The molecule has 1 aromatic rings. The van der Waals surface area contributed by atoms with E-state index in [1.54, 1.807) is 18.2 Å². The van der Waals surface area contributed by atoms with Gasteiger partial charge in [-0.05, 0) is 18.9 Å². The summed E-state index contributed by atoms with van der Waals surface area (Å²) in [6.45, 7) is 1.07. The number of nitrogens with two attached hydrogens (primary N) is 1. The van der Waals surface area contributed by atoms with Gasteiger partial charge in [-0.3, -0.25) is 4.79 Å². The molecule has 1 unspecified atom stereocenters. The first-order valence-corrected chi connectivity index (χ1v) is 5.73. The quantitative estimate of drug-likeness (QED) is 0.823. The van der Waals surface area contributed by atoms with E-state index >= 15 is 0 Å². The molecule has 3 nitrogen and oxygen atoms in total. The number of aliphatic carboxylic acids is 1. The second-order valence-corrected chi connectivity index (χ2v) is 4.40. The third kappa shape index (κ3) is 4.07. The molecule has 0 amide bonds. The molecule has 0 heterocycles. The molecular weight excluding hydrogens is 240 g/mol. The monoisotopic (exact) mass is 257 g/mol. The predicted octanol–water partition coefficient (Wildman–Crippen LogP) is 2.54. The van der Waals surface area contributed by atoms with Crippen molar-refractivity contribution in [3.63, 3.8) is 0 Å². The Morgan fingerprint density at radius 1 is 1.50 bits per heavy atom. The van der Waals surface area contributed by atoms with Crippen LogP contribution in [0.5, 0.6) is 0 Å². The number of rotatable bonds is 6. The smallest absolute Gasteiger partial charge is 0.310 e. The van der Waals surface area contributed by atoms with Crippen LogP contribution >= 0.6 is 0 Å². The van der Waals surface area contributed by atoms with E-state index < -0.39 is 30.8 Å². The summed E-state index contributed by atoms with van der Waals surface area (Å²) in [6.07, 6.45) is -0.641. The van der Waals surface area contributed by atoms with Gasteiger partial charge in [0.2, 0.25) is 0 Å². The van der Waals surface area contributed by atoms with Gasteiger partial charge in [-0.15, -0.1) is 0 Å². The van der Waals surface area contributed by atoms with Crippen molar-refractivity contribution in [2.24, 2.45) is 5.73 Å². The molecule has 1 atom stereocenters. The summed E-state index contributed by atoms with van der Waals surface area (Å²) in [5.41, 5.74) is 6.39. The van der Waals surface area contributed by atoms with Crippen molar-refractivity contribution in [2.45, 2.75) is 31.6 Å². The molecule has 0 saturated carbocycles. The molecule has 0 aliphatic carbocycles. The maximum absolute atomic E-state index is 13.1. The summed E-state index contributed by atoms with van der Waals surface area (Å²) >= 11 is 0. The number of hydrogen-bond donors (Lipinski definition) is 2. The van der Waals surface area contributed by atoms with Crippen molar-refractivity contribution in [1.82, 2.24) is 0 Å². The number of benzene rings is 1. The maximum Gasteiger partial charge on any atom is 0.310 e. The van der Waals surface area contributed by atoms with E-state index in [9.17, 15) is 13.6 Å². The number of aryl methyl sites for hydroxylation is 1. The van der Waals surface area contributed by atoms with Gasteiger partial charge in [-0.2, -0.15) is 0 Å². The molecule has 3 N–H and O–H groups in total. The summed E-state index contributed by atoms with van der Waals surface area (Å²) in [7, 11) is 0.